The van der Waals surface area contributed by atoms with E-state index in [-0.39, 0.29) is 0 Å². The number of hydrogen-bond acceptors (Lipinski definition) is 2. The molecule has 1 aromatic rings. The summed E-state index contributed by atoms with van der Waals surface area (Å²) in [6, 6.07) is 11.8. The lowest BCUT2D eigenvalue weighted by molar-refractivity contribution is -0.0361. The zero-order chi connectivity index (χ0) is 14.2. The van der Waals surface area contributed by atoms with Gasteiger partial charge in [-0.15, -0.1) is 0 Å². The fourth-order valence-corrected chi connectivity index (χ4v) is 4.14. The van der Waals surface area contributed by atoms with Crippen LogP contribution in [0.2, 0.25) is 0 Å². The number of ether oxygens (including phenoxy) is 1. The highest BCUT2D eigenvalue weighted by Crippen LogP contribution is 2.43. The average molecular weight is 281 g/mol. The van der Waals surface area contributed by atoms with Gasteiger partial charge in [0.2, 0.25) is 0 Å². The maximum absolute atomic E-state index is 6.22. The lowest BCUT2D eigenvalue weighted by atomic mass is 9.73. The van der Waals surface area contributed by atoms with Crippen molar-refractivity contribution in [2.75, 3.05) is 6.61 Å². The Hall–Kier alpha value is -1.38. The van der Waals surface area contributed by atoms with Crippen molar-refractivity contribution in [1.82, 2.24) is 5.32 Å². The van der Waals surface area contributed by atoms with Gasteiger partial charge in [-0.1, -0.05) is 48.1 Å². The molecule has 0 aromatic heterocycles. The van der Waals surface area contributed by atoms with Crippen LogP contribution in [-0.2, 0) is 4.74 Å². The summed E-state index contributed by atoms with van der Waals surface area (Å²) in [5, 5.41) is 3.90. The van der Waals surface area contributed by atoms with Gasteiger partial charge in [-0.3, -0.25) is 0 Å². The van der Waals surface area contributed by atoms with E-state index in [0.717, 1.165) is 13.0 Å². The molecule has 4 unspecified atom stereocenters. The van der Waals surface area contributed by atoms with E-state index in [1.54, 1.807) is 0 Å². The van der Waals surface area contributed by atoms with Crippen molar-refractivity contribution in [2.24, 2.45) is 5.92 Å². The van der Waals surface area contributed by atoms with E-state index >= 15 is 0 Å². The van der Waals surface area contributed by atoms with Crippen LogP contribution in [-0.4, -0.2) is 18.8 Å². The normalized spacial score (nSPS) is 35.3. The van der Waals surface area contributed by atoms with Gasteiger partial charge in [0.05, 0.1) is 6.10 Å². The molecule has 2 saturated heterocycles. The highest BCUT2D eigenvalue weighted by molar-refractivity contribution is 5.37. The van der Waals surface area contributed by atoms with Gasteiger partial charge in [0.25, 0.3) is 0 Å². The zero-order valence-corrected chi connectivity index (χ0v) is 12.6. The summed E-state index contributed by atoms with van der Waals surface area (Å²) >= 11 is 0. The number of rotatable bonds is 1. The predicted molar refractivity (Wildman–Crippen MR) is 85.0 cm³/mol. The van der Waals surface area contributed by atoms with Crippen molar-refractivity contribution >= 4 is 0 Å². The number of hydrogen-bond donors (Lipinski definition) is 1. The maximum atomic E-state index is 6.22. The molecule has 4 atom stereocenters. The molecule has 0 saturated carbocycles. The number of nitrogens with one attached hydrogen (secondary N) is 1. The molecule has 0 bridgehead atoms. The summed E-state index contributed by atoms with van der Waals surface area (Å²) in [7, 11) is 0. The van der Waals surface area contributed by atoms with Gasteiger partial charge < -0.3 is 10.1 Å². The van der Waals surface area contributed by atoms with Gasteiger partial charge in [-0.05, 0) is 37.3 Å². The number of fused-ring (bicyclic) bond motifs is 3. The van der Waals surface area contributed by atoms with Crippen LogP contribution in [0.4, 0.5) is 0 Å². The molecule has 2 nitrogen and oxygen atoms in total. The molecule has 2 heterocycles. The first kappa shape index (κ1) is 13.3. The fraction of sp³-hybridized carbons (Fsp3) is 0.474. The monoisotopic (exact) mass is 281 g/mol. The molecular weight excluding hydrogens is 258 g/mol. The Morgan fingerprint density at radius 3 is 2.90 bits per heavy atom. The average Bonchev–Trinajstić information content (AvgIpc) is 2.55. The van der Waals surface area contributed by atoms with E-state index in [2.05, 4.69) is 54.7 Å². The van der Waals surface area contributed by atoms with E-state index in [1.165, 1.54) is 29.6 Å². The van der Waals surface area contributed by atoms with E-state index < -0.39 is 0 Å². The van der Waals surface area contributed by atoms with Gasteiger partial charge in [0.15, 0.2) is 0 Å². The zero-order valence-electron chi connectivity index (χ0n) is 12.6. The van der Waals surface area contributed by atoms with E-state index in [0.29, 0.717) is 24.1 Å². The van der Waals surface area contributed by atoms with Crippen LogP contribution in [0.25, 0.3) is 0 Å². The van der Waals surface area contributed by atoms with Gasteiger partial charge >= 0.3 is 0 Å². The minimum atomic E-state index is 0.304. The Labute approximate surface area is 126 Å². The minimum absolute atomic E-state index is 0.304. The summed E-state index contributed by atoms with van der Waals surface area (Å²) in [5.41, 5.74) is 4.27. The van der Waals surface area contributed by atoms with Crippen LogP contribution >= 0.6 is 0 Å². The third-order valence-electron chi connectivity index (χ3n) is 5.14. The Morgan fingerprint density at radius 1 is 1.19 bits per heavy atom. The summed E-state index contributed by atoms with van der Waals surface area (Å²) in [6.45, 7) is 3.11. The Bertz CT molecular complexity index is 574. The largest absolute Gasteiger partial charge is 0.373 e. The van der Waals surface area contributed by atoms with Crippen molar-refractivity contribution in [3.63, 3.8) is 0 Å². The van der Waals surface area contributed by atoms with E-state index in [4.69, 9.17) is 4.74 Å². The van der Waals surface area contributed by atoms with Crippen LogP contribution in [0.3, 0.4) is 0 Å². The molecule has 0 radical (unpaired) electrons. The summed E-state index contributed by atoms with van der Waals surface area (Å²) in [6.07, 6.45) is 8.52. The van der Waals surface area contributed by atoms with E-state index in [1.807, 2.05) is 0 Å². The molecule has 0 amide bonds. The van der Waals surface area contributed by atoms with Crippen molar-refractivity contribution < 1.29 is 4.74 Å². The maximum Gasteiger partial charge on any atom is 0.0849 e. The predicted octanol–water partition coefficient (Wildman–Crippen LogP) is 3.77. The summed E-state index contributed by atoms with van der Waals surface area (Å²) in [4.78, 5) is 0. The molecule has 1 N–H and O–H groups in total. The second-order valence-electron chi connectivity index (χ2n) is 6.53. The number of allylic oxidation sites excluding steroid dienone is 2. The third-order valence-corrected chi connectivity index (χ3v) is 5.14. The van der Waals surface area contributed by atoms with Gasteiger partial charge in [-0.2, -0.15) is 0 Å². The number of piperidine rings is 1. The second kappa shape index (κ2) is 5.43. The molecule has 1 aliphatic carbocycles. The van der Waals surface area contributed by atoms with Gasteiger partial charge in [-0.25, -0.2) is 0 Å². The lowest BCUT2D eigenvalue weighted by Crippen LogP contribution is -2.53. The van der Waals surface area contributed by atoms with Gasteiger partial charge in [0.1, 0.15) is 0 Å². The standard InChI is InChI=1S/C19H23NO/c1-13-9-10-17-16(12-13)19-15(8-5-11-21-19)18(20-17)14-6-3-2-4-7-14/h2-4,6-7,9,12,15,17-20H,5,8,10-11H2,1H3. The highest BCUT2D eigenvalue weighted by Gasteiger charge is 2.43. The van der Waals surface area contributed by atoms with Crippen LogP contribution in [0.5, 0.6) is 0 Å². The first-order chi connectivity index (χ1) is 10.3. The van der Waals surface area contributed by atoms with Crippen LogP contribution in [0.15, 0.2) is 53.6 Å². The van der Waals surface area contributed by atoms with Crippen molar-refractivity contribution in [3.8, 4) is 0 Å². The molecule has 2 aliphatic heterocycles. The Kier molecular flexibility index (Phi) is 3.44. The molecule has 21 heavy (non-hydrogen) atoms. The first-order valence-electron chi connectivity index (χ1n) is 8.14. The molecule has 110 valence electrons. The first-order valence-corrected chi connectivity index (χ1v) is 8.14. The molecule has 0 spiro atoms. The quantitative estimate of drug-likeness (QED) is 0.846. The lowest BCUT2D eigenvalue weighted by Gasteiger charge is -2.48. The van der Waals surface area contributed by atoms with Crippen LogP contribution < -0.4 is 5.32 Å². The fourth-order valence-electron chi connectivity index (χ4n) is 4.14. The third kappa shape index (κ3) is 2.37. The summed E-state index contributed by atoms with van der Waals surface area (Å²) < 4.78 is 6.22. The minimum Gasteiger partial charge on any atom is -0.373 e. The van der Waals surface area contributed by atoms with E-state index in [9.17, 15) is 0 Å². The van der Waals surface area contributed by atoms with Crippen LogP contribution in [0, 0.1) is 5.92 Å². The molecule has 1 aromatic carbocycles. The second-order valence-corrected chi connectivity index (χ2v) is 6.53. The SMILES string of the molecule is CC1=CCC2NC(c3ccccc3)C3CCCOC3C2=C1. The Morgan fingerprint density at radius 2 is 2.05 bits per heavy atom. The molecule has 2 heteroatoms. The van der Waals surface area contributed by atoms with Crippen molar-refractivity contribution in [2.45, 2.75) is 44.4 Å². The molecular formula is C19H23NO. The molecule has 2 fully saturated rings. The smallest absolute Gasteiger partial charge is 0.0849 e. The van der Waals surface area contributed by atoms with Crippen LogP contribution in [0.1, 0.15) is 37.8 Å². The number of benzene rings is 1. The molecule has 4 rings (SSSR count). The Balaban J connectivity index is 1.71. The highest BCUT2D eigenvalue weighted by atomic mass is 16.5. The van der Waals surface area contributed by atoms with Gasteiger partial charge in [0, 0.05) is 24.6 Å². The molecule has 3 aliphatic rings. The summed E-state index contributed by atoms with van der Waals surface area (Å²) in [5.74, 6) is 0.564. The topological polar surface area (TPSA) is 21.3 Å². The van der Waals surface area contributed by atoms with Crippen molar-refractivity contribution in [3.05, 3.63) is 59.2 Å². The van der Waals surface area contributed by atoms with Crippen molar-refractivity contribution in [1.29, 1.82) is 0 Å².